The third-order valence-corrected chi connectivity index (χ3v) is 3.18. The van der Waals surface area contributed by atoms with Crippen molar-refractivity contribution in [1.82, 2.24) is 0 Å². The molecule has 0 atom stereocenters. The molecule has 0 aromatic heterocycles. The summed E-state index contributed by atoms with van der Waals surface area (Å²) in [7, 11) is 0. The summed E-state index contributed by atoms with van der Waals surface area (Å²) < 4.78 is 83.6. The molecule has 0 amide bonds. The van der Waals surface area contributed by atoms with Crippen molar-refractivity contribution in [3.8, 4) is 11.5 Å². The minimum absolute atomic E-state index is 0.0134. The lowest BCUT2D eigenvalue weighted by Gasteiger charge is -2.18. The fraction of sp³-hybridized carbons (Fsp3) is 0.143. The van der Waals surface area contributed by atoms with Gasteiger partial charge in [-0.25, -0.2) is 0 Å². The van der Waals surface area contributed by atoms with Gasteiger partial charge in [-0.3, -0.25) is 10.1 Å². The first kappa shape index (κ1) is 18.8. The van der Waals surface area contributed by atoms with Gasteiger partial charge in [0.25, 0.3) is 5.69 Å². The van der Waals surface area contributed by atoms with E-state index in [2.05, 4.69) is 0 Å². The Morgan fingerprint density at radius 1 is 0.920 bits per heavy atom. The Morgan fingerprint density at radius 2 is 1.36 bits per heavy atom. The lowest BCUT2D eigenvalue weighted by Crippen LogP contribution is -2.15. The number of nitro benzene ring substituents is 1. The highest BCUT2D eigenvalue weighted by molar-refractivity contribution is 6.30. The Bertz CT molecular complexity index is 767. The van der Waals surface area contributed by atoms with Crippen LogP contribution in [0.2, 0.25) is 5.02 Å². The number of alkyl halides is 6. The number of nitrogens with zero attached hydrogens (tertiary/aromatic N) is 1. The van der Waals surface area contributed by atoms with Gasteiger partial charge in [0, 0.05) is 17.2 Å². The number of non-ortho nitro benzene ring substituents is 1. The molecule has 0 unspecified atom stereocenters. The molecule has 0 saturated carbocycles. The SMILES string of the molecule is O=[N+]([O-])c1cc(C(F)(F)F)c(Oc2ccc(Cl)cc2)c(C(F)(F)F)c1. The molecular formula is C14H6ClF6NO3. The van der Waals surface area contributed by atoms with Crippen molar-refractivity contribution in [2.75, 3.05) is 0 Å². The standard InChI is InChI=1S/C14H6ClF6NO3/c15-7-1-3-9(4-2-7)25-12-10(13(16,17)18)5-8(22(23)24)6-11(12)14(19,20)21/h1-6H. The van der Waals surface area contributed by atoms with Crippen LogP contribution in [0.25, 0.3) is 0 Å². The summed E-state index contributed by atoms with van der Waals surface area (Å²) in [6, 6.07) is 4.49. The lowest BCUT2D eigenvalue weighted by molar-refractivity contribution is -0.385. The van der Waals surface area contributed by atoms with Crippen LogP contribution in [0.4, 0.5) is 32.0 Å². The first-order valence-corrected chi connectivity index (χ1v) is 6.67. The summed E-state index contributed by atoms with van der Waals surface area (Å²) in [5.74, 6) is -1.93. The summed E-state index contributed by atoms with van der Waals surface area (Å²) >= 11 is 5.59. The maximum atomic E-state index is 13.1. The summed E-state index contributed by atoms with van der Waals surface area (Å²) in [5, 5.41) is 10.9. The average molecular weight is 386 g/mol. The topological polar surface area (TPSA) is 52.4 Å². The molecule has 0 aliphatic rings. The van der Waals surface area contributed by atoms with Crippen LogP contribution in [0.5, 0.6) is 11.5 Å². The lowest BCUT2D eigenvalue weighted by atomic mass is 10.1. The van der Waals surface area contributed by atoms with Crippen LogP contribution in [-0.2, 0) is 12.4 Å². The fourth-order valence-corrected chi connectivity index (χ4v) is 2.00. The number of nitro groups is 1. The van der Waals surface area contributed by atoms with E-state index in [1.165, 1.54) is 12.1 Å². The summed E-state index contributed by atoms with van der Waals surface area (Å²) in [4.78, 5) is 9.33. The van der Waals surface area contributed by atoms with Crippen molar-refractivity contribution >= 4 is 17.3 Å². The van der Waals surface area contributed by atoms with Gasteiger partial charge < -0.3 is 4.74 Å². The van der Waals surface area contributed by atoms with Crippen LogP contribution in [-0.4, -0.2) is 4.92 Å². The van der Waals surface area contributed by atoms with E-state index in [0.717, 1.165) is 12.1 Å². The zero-order valence-electron chi connectivity index (χ0n) is 11.8. The third-order valence-electron chi connectivity index (χ3n) is 2.93. The molecule has 0 radical (unpaired) electrons. The van der Waals surface area contributed by atoms with Gasteiger partial charge in [0.05, 0.1) is 4.92 Å². The van der Waals surface area contributed by atoms with Gasteiger partial charge in [-0.1, -0.05) is 11.6 Å². The Hall–Kier alpha value is -2.49. The van der Waals surface area contributed by atoms with E-state index in [0.29, 0.717) is 0 Å². The number of rotatable bonds is 3. The smallest absolute Gasteiger partial charge is 0.420 e. The number of hydrogen-bond donors (Lipinski definition) is 0. The molecule has 0 heterocycles. The molecule has 2 aromatic rings. The first-order valence-electron chi connectivity index (χ1n) is 6.30. The summed E-state index contributed by atoms with van der Waals surface area (Å²) in [6.45, 7) is 0. The number of ether oxygens (including phenoxy) is 1. The molecule has 0 aliphatic heterocycles. The van der Waals surface area contributed by atoms with Crippen LogP contribution < -0.4 is 4.74 Å². The van der Waals surface area contributed by atoms with Crippen LogP contribution in [0.15, 0.2) is 36.4 Å². The monoisotopic (exact) mass is 385 g/mol. The van der Waals surface area contributed by atoms with Crippen LogP contribution in [0, 0.1) is 10.1 Å². The molecule has 0 fully saturated rings. The Morgan fingerprint density at radius 3 is 1.72 bits per heavy atom. The van der Waals surface area contributed by atoms with E-state index in [9.17, 15) is 36.5 Å². The maximum absolute atomic E-state index is 13.1. The highest BCUT2D eigenvalue weighted by atomic mass is 35.5. The zero-order valence-corrected chi connectivity index (χ0v) is 12.5. The van der Waals surface area contributed by atoms with E-state index < -0.39 is 39.8 Å². The predicted octanol–water partition coefficient (Wildman–Crippen LogP) is 6.08. The molecular weight excluding hydrogens is 380 g/mol. The van der Waals surface area contributed by atoms with Gasteiger partial charge >= 0.3 is 12.4 Å². The molecule has 0 N–H and O–H groups in total. The Balaban J connectivity index is 2.73. The van der Waals surface area contributed by atoms with E-state index in [4.69, 9.17) is 16.3 Å². The van der Waals surface area contributed by atoms with Gasteiger partial charge in [-0.15, -0.1) is 0 Å². The summed E-state index contributed by atoms with van der Waals surface area (Å²) in [5.41, 5.74) is -5.18. The van der Waals surface area contributed by atoms with E-state index in [1.54, 1.807) is 0 Å². The van der Waals surface area contributed by atoms with E-state index in [1.807, 2.05) is 0 Å². The van der Waals surface area contributed by atoms with Crippen LogP contribution >= 0.6 is 11.6 Å². The number of hydrogen-bond acceptors (Lipinski definition) is 3. The normalized spacial score (nSPS) is 12.1. The largest absolute Gasteiger partial charge is 0.456 e. The van der Waals surface area contributed by atoms with Crippen molar-refractivity contribution in [2.24, 2.45) is 0 Å². The Kier molecular flexibility index (Phi) is 4.85. The second-order valence-corrected chi connectivity index (χ2v) is 5.12. The van der Waals surface area contributed by atoms with Crippen molar-refractivity contribution in [1.29, 1.82) is 0 Å². The second kappa shape index (κ2) is 6.43. The highest BCUT2D eigenvalue weighted by Gasteiger charge is 2.44. The maximum Gasteiger partial charge on any atom is 0.420 e. The number of halogens is 7. The molecule has 25 heavy (non-hydrogen) atoms. The molecule has 11 heteroatoms. The van der Waals surface area contributed by atoms with Gasteiger partial charge in [0.15, 0.2) is 5.75 Å². The molecule has 2 rings (SSSR count). The minimum Gasteiger partial charge on any atom is -0.456 e. The zero-order chi connectivity index (χ0) is 19.0. The van der Waals surface area contributed by atoms with Crippen LogP contribution in [0.1, 0.15) is 11.1 Å². The molecule has 0 spiro atoms. The molecule has 0 saturated heterocycles. The van der Waals surface area contributed by atoms with Gasteiger partial charge in [0.2, 0.25) is 0 Å². The molecule has 134 valence electrons. The van der Waals surface area contributed by atoms with Crippen molar-refractivity contribution in [3.05, 3.63) is 62.7 Å². The van der Waals surface area contributed by atoms with Gasteiger partial charge in [-0.2, -0.15) is 26.3 Å². The average Bonchev–Trinajstić information content (AvgIpc) is 2.47. The van der Waals surface area contributed by atoms with Crippen LogP contribution in [0.3, 0.4) is 0 Å². The van der Waals surface area contributed by atoms with Gasteiger partial charge in [0.1, 0.15) is 16.9 Å². The molecule has 2 aromatic carbocycles. The predicted molar refractivity (Wildman–Crippen MR) is 74.6 cm³/mol. The minimum atomic E-state index is -5.31. The molecule has 0 bridgehead atoms. The second-order valence-electron chi connectivity index (χ2n) is 4.68. The molecule has 0 aliphatic carbocycles. The number of benzene rings is 2. The van der Waals surface area contributed by atoms with Crippen molar-refractivity contribution in [3.63, 3.8) is 0 Å². The highest BCUT2D eigenvalue weighted by Crippen LogP contribution is 2.47. The fourth-order valence-electron chi connectivity index (χ4n) is 1.87. The molecule has 4 nitrogen and oxygen atoms in total. The van der Waals surface area contributed by atoms with Crippen molar-refractivity contribution < 1.29 is 36.0 Å². The Labute approximate surface area is 140 Å². The first-order chi connectivity index (χ1) is 11.4. The summed E-state index contributed by atoms with van der Waals surface area (Å²) in [6.07, 6.45) is -10.6. The third kappa shape index (κ3) is 4.32. The van der Waals surface area contributed by atoms with E-state index in [-0.39, 0.29) is 22.9 Å². The van der Waals surface area contributed by atoms with Crippen molar-refractivity contribution in [2.45, 2.75) is 12.4 Å². The van der Waals surface area contributed by atoms with E-state index >= 15 is 0 Å². The quantitative estimate of drug-likeness (QED) is 0.365. The van der Waals surface area contributed by atoms with Gasteiger partial charge in [-0.05, 0) is 24.3 Å².